The molecule has 0 aliphatic carbocycles. The fraction of sp³-hybridized carbons (Fsp3) is 0.400. The summed E-state index contributed by atoms with van der Waals surface area (Å²) >= 11 is 0. The summed E-state index contributed by atoms with van der Waals surface area (Å²) in [4.78, 5) is 8.30. The summed E-state index contributed by atoms with van der Waals surface area (Å²) in [5.74, 6) is 0. The number of nitrogens with one attached hydrogen (secondary N) is 1. The first-order chi connectivity index (χ1) is 6.75. The number of hydrogen-bond donors (Lipinski definition) is 1. The van der Waals surface area contributed by atoms with Crippen molar-refractivity contribution in [2.24, 2.45) is 0 Å². The van der Waals surface area contributed by atoms with E-state index in [9.17, 15) is 0 Å². The Bertz CT molecular complexity index is 419. The summed E-state index contributed by atoms with van der Waals surface area (Å²) < 4.78 is 1.93. The Labute approximate surface area is 83.0 Å². The van der Waals surface area contributed by atoms with Crippen molar-refractivity contribution in [2.45, 2.75) is 26.4 Å². The third kappa shape index (κ3) is 1.90. The number of hydrogen-bond acceptors (Lipinski definition) is 3. The monoisotopic (exact) mass is 190 g/mol. The highest BCUT2D eigenvalue weighted by Crippen LogP contribution is 2.01. The van der Waals surface area contributed by atoms with Gasteiger partial charge in [0.15, 0.2) is 5.65 Å². The molecule has 14 heavy (non-hydrogen) atoms. The van der Waals surface area contributed by atoms with Crippen LogP contribution in [0.2, 0.25) is 0 Å². The second kappa shape index (κ2) is 3.75. The van der Waals surface area contributed by atoms with Gasteiger partial charge in [-0.3, -0.25) is 4.40 Å². The third-order valence-electron chi connectivity index (χ3n) is 2.03. The van der Waals surface area contributed by atoms with Crippen molar-refractivity contribution in [3.8, 4) is 0 Å². The van der Waals surface area contributed by atoms with Crippen molar-refractivity contribution in [3.63, 3.8) is 0 Å². The third-order valence-corrected chi connectivity index (χ3v) is 2.03. The molecule has 0 bridgehead atoms. The molecule has 74 valence electrons. The second-order valence-corrected chi connectivity index (χ2v) is 3.66. The number of aromatic nitrogens is 3. The van der Waals surface area contributed by atoms with Gasteiger partial charge in [-0.05, 0) is 0 Å². The molecule has 0 saturated heterocycles. The molecule has 0 aromatic carbocycles. The van der Waals surface area contributed by atoms with E-state index in [-0.39, 0.29) is 0 Å². The number of nitrogens with zero attached hydrogens (tertiary/aromatic N) is 3. The van der Waals surface area contributed by atoms with Crippen LogP contribution in [0.4, 0.5) is 0 Å². The van der Waals surface area contributed by atoms with Gasteiger partial charge in [-0.25, -0.2) is 9.97 Å². The normalized spacial score (nSPS) is 11.4. The van der Waals surface area contributed by atoms with Crippen molar-refractivity contribution in [1.29, 1.82) is 0 Å². The standard InChI is InChI=1S/C10H14N4/c1-8(2)12-3-9-4-13-10-5-11-7-14(10)6-9/h4-8,12H,3H2,1-2H3. The number of fused-ring (bicyclic) bond motifs is 1. The van der Waals surface area contributed by atoms with Gasteiger partial charge in [-0.15, -0.1) is 0 Å². The van der Waals surface area contributed by atoms with Gasteiger partial charge in [-0.2, -0.15) is 0 Å². The Morgan fingerprint density at radius 2 is 2.29 bits per heavy atom. The summed E-state index contributed by atoms with van der Waals surface area (Å²) in [6, 6.07) is 0.494. The predicted octanol–water partition coefficient (Wildman–Crippen LogP) is 1.23. The molecule has 1 N–H and O–H groups in total. The SMILES string of the molecule is CC(C)NCc1cnc2cncn2c1. The first-order valence-electron chi connectivity index (χ1n) is 4.75. The molecule has 0 unspecified atom stereocenters. The van der Waals surface area contributed by atoms with Gasteiger partial charge in [0.25, 0.3) is 0 Å². The molecule has 0 aliphatic heterocycles. The van der Waals surface area contributed by atoms with Crippen molar-refractivity contribution < 1.29 is 0 Å². The molecular weight excluding hydrogens is 176 g/mol. The van der Waals surface area contributed by atoms with Gasteiger partial charge in [0.2, 0.25) is 0 Å². The highest BCUT2D eigenvalue weighted by atomic mass is 15.0. The lowest BCUT2D eigenvalue weighted by Gasteiger charge is -2.07. The zero-order chi connectivity index (χ0) is 9.97. The van der Waals surface area contributed by atoms with Crippen LogP contribution in [0.25, 0.3) is 5.65 Å². The molecule has 4 heteroatoms. The van der Waals surface area contributed by atoms with E-state index in [0.29, 0.717) is 6.04 Å². The summed E-state index contributed by atoms with van der Waals surface area (Å²) in [6.07, 6.45) is 7.44. The summed E-state index contributed by atoms with van der Waals surface area (Å²) in [6.45, 7) is 5.10. The summed E-state index contributed by atoms with van der Waals surface area (Å²) in [7, 11) is 0. The van der Waals surface area contributed by atoms with Gasteiger partial charge in [0, 0.05) is 30.5 Å². The van der Waals surface area contributed by atoms with E-state index >= 15 is 0 Å². The fourth-order valence-corrected chi connectivity index (χ4v) is 1.27. The average molecular weight is 190 g/mol. The van der Waals surface area contributed by atoms with Crippen molar-refractivity contribution >= 4 is 5.65 Å². The van der Waals surface area contributed by atoms with Crippen LogP contribution in [-0.4, -0.2) is 20.4 Å². The van der Waals surface area contributed by atoms with Gasteiger partial charge < -0.3 is 5.32 Å². The summed E-state index contributed by atoms with van der Waals surface area (Å²) in [5.41, 5.74) is 2.06. The van der Waals surface area contributed by atoms with Gasteiger partial charge in [0.05, 0.1) is 6.20 Å². The molecule has 2 aromatic rings. The van der Waals surface area contributed by atoms with Crippen LogP contribution < -0.4 is 5.32 Å². The maximum Gasteiger partial charge on any atom is 0.156 e. The quantitative estimate of drug-likeness (QED) is 0.791. The molecule has 0 aliphatic rings. The van der Waals surface area contributed by atoms with Crippen LogP contribution in [0.3, 0.4) is 0 Å². The lowest BCUT2D eigenvalue weighted by Crippen LogP contribution is -2.22. The van der Waals surface area contributed by atoms with E-state index in [1.165, 1.54) is 5.56 Å². The van der Waals surface area contributed by atoms with Crippen LogP contribution in [-0.2, 0) is 6.54 Å². The molecule has 0 atom stereocenters. The van der Waals surface area contributed by atoms with Crippen molar-refractivity contribution in [1.82, 2.24) is 19.7 Å². The van der Waals surface area contributed by atoms with Gasteiger partial charge in [0.1, 0.15) is 6.33 Å². The predicted molar refractivity (Wildman–Crippen MR) is 55.0 cm³/mol. The smallest absolute Gasteiger partial charge is 0.156 e. The lowest BCUT2D eigenvalue weighted by atomic mass is 10.3. The molecule has 2 heterocycles. The molecule has 0 saturated carbocycles. The van der Waals surface area contributed by atoms with E-state index in [1.54, 1.807) is 12.5 Å². The minimum absolute atomic E-state index is 0.494. The Kier molecular flexibility index (Phi) is 2.45. The molecule has 4 nitrogen and oxygen atoms in total. The van der Waals surface area contributed by atoms with E-state index in [0.717, 1.165) is 12.2 Å². The minimum Gasteiger partial charge on any atom is -0.310 e. The molecule has 0 radical (unpaired) electrons. The highest BCUT2D eigenvalue weighted by Gasteiger charge is 1.98. The van der Waals surface area contributed by atoms with E-state index in [1.807, 2.05) is 16.8 Å². The first-order valence-corrected chi connectivity index (χ1v) is 4.75. The fourth-order valence-electron chi connectivity index (χ4n) is 1.27. The highest BCUT2D eigenvalue weighted by molar-refractivity contribution is 5.35. The number of imidazole rings is 1. The minimum atomic E-state index is 0.494. The van der Waals surface area contributed by atoms with Crippen LogP contribution in [0, 0.1) is 0 Å². The van der Waals surface area contributed by atoms with Crippen molar-refractivity contribution in [2.75, 3.05) is 0 Å². The topological polar surface area (TPSA) is 42.2 Å². The Morgan fingerprint density at radius 1 is 1.43 bits per heavy atom. The Balaban J connectivity index is 2.17. The van der Waals surface area contributed by atoms with Crippen molar-refractivity contribution in [3.05, 3.63) is 30.5 Å². The van der Waals surface area contributed by atoms with Gasteiger partial charge >= 0.3 is 0 Å². The van der Waals surface area contributed by atoms with E-state index in [2.05, 4.69) is 29.1 Å². The molecule has 2 rings (SSSR count). The zero-order valence-corrected chi connectivity index (χ0v) is 8.44. The Morgan fingerprint density at radius 3 is 3.07 bits per heavy atom. The van der Waals surface area contributed by atoms with Crippen LogP contribution >= 0.6 is 0 Å². The lowest BCUT2D eigenvalue weighted by molar-refractivity contribution is 0.586. The van der Waals surface area contributed by atoms with Crippen LogP contribution in [0.5, 0.6) is 0 Å². The van der Waals surface area contributed by atoms with Crippen LogP contribution in [0.1, 0.15) is 19.4 Å². The number of rotatable bonds is 3. The molecular formula is C10H14N4. The maximum absolute atomic E-state index is 4.28. The van der Waals surface area contributed by atoms with Gasteiger partial charge in [-0.1, -0.05) is 13.8 Å². The maximum atomic E-state index is 4.28. The largest absolute Gasteiger partial charge is 0.310 e. The molecule has 0 spiro atoms. The first kappa shape index (κ1) is 9.15. The molecule has 2 aromatic heterocycles. The second-order valence-electron chi connectivity index (χ2n) is 3.66. The molecule has 0 fully saturated rings. The Hall–Kier alpha value is -1.42. The van der Waals surface area contributed by atoms with E-state index < -0.39 is 0 Å². The average Bonchev–Trinajstić information content (AvgIpc) is 2.61. The van der Waals surface area contributed by atoms with Crippen LogP contribution in [0.15, 0.2) is 24.9 Å². The van der Waals surface area contributed by atoms with E-state index in [4.69, 9.17) is 0 Å². The zero-order valence-electron chi connectivity index (χ0n) is 8.44. The summed E-state index contributed by atoms with van der Waals surface area (Å²) in [5, 5.41) is 3.34. The molecule has 0 amide bonds.